The van der Waals surface area contributed by atoms with Crippen LogP contribution < -0.4 is 0 Å². The molecule has 0 unspecified atom stereocenters. The summed E-state index contributed by atoms with van der Waals surface area (Å²) in [5.41, 5.74) is 0. The van der Waals surface area contributed by atoms with Crippen molar-refractivity contribution in [3.8, 4) is 0 Å². The Morgan fingerprint density at radius 3 is 0.440 bits per heavy atom. The Morgan fingerprint density at radius 2 is 0.440 bits per heavy atom. The van der Waals surface area contributed by atoms with E-state index in [1.807, 2.05) is 0 Å². The quantitative estimate of drug-likeness (QED) is 0.206. The van der Waals surface area contributed by atoms with Gasteiger partial charge in [-0.15, -0.1) is 0 Å². The maximum atomic E-state index is 11.3. The van der Waals surface area contributed by atoms with Crippen LogP contribution in [0.3, 0.4) is 0 Å². The minimum atomic E-state index is -3.88. The maximum absolute atomic E-state index is 11.3. The number of halogens is 12. The fourth-order valence-electron chi connectivity index (χ4n) is 0.192. The third-order valence-electron chi connectivity index (χ3n) is 1.52. The van der Waals surface area contributed by atoms with Crippen LogP contribution in [0.1, 0.15) is 0 Å². The minimum Gasteiger partial charge on any atom is -0.000129 e. The van der Waals surface area contributed by atoms with E-state index in [1.165, 1.54) is 0 Å². The zero-order valence-corrected chi connectivity index (χ0v) is 21.2. The molecule has 0 fully saturated rings. The van der Waals surface area contributed by atoms with Crippen molar-refractivity contribution in [2.24, 2.45) is 0 Å². The Kier molecular flexibility index (Phi) is 27.3. The Bertz CT molecular complexity index is 226. The van der Waals surface area contributed by atoms with E-state index in [-0.39, 0.29) is 34.4 Å². The average Bonchev–Trinajstić information content (AvgIpc) is 2.45. The van der Waals surface area contributed by atoms with Gasteiger partial charge in [-0.3, -0.25) is 0 Å². The van der Waals surface area contributed by atoms with Crippen molar-refractivity contribution in [1.29, 1.82) is 0 Å². The molecule has 0 aliphatic heterocycles. The molecule has 156 valence electrons. The van der Waals surface area contributed by atoms with Gasteiger partial charge >= 0.3 is 52.2 Å². The van der Waals surface area contributed by atoms with Gasteiger partial charge < -0.3 is 0 Å². The molecule has 0 spiro atoms. The molecule has 0 aromatic rings. The predicted octanol–water partition coefficient (Wildman–Crippen LogP) is 8.14. The summed E-state index contributed by atoms with van der Waals surface area (Å²) in [5, 5.41) is 0. The molecule has 0 aliphatic rings. The van der Waals surface area contributed by atoms with Crippen LogP contribution in [-0.4, -0.2) is 34.5 Å². The summed E-state index contributed by atoms with van der Waals surface area (Å²) in [6.07, 6.45) is 0. The van der Waals surface area contributed by atoms with E-state index >= 15 is 0 Å². The van der Waals surface area contributed by atoms with Crippen molar-refractivity contribution in [3.63, 3.8) is 0 Å². The monoisotopic (exact) mass is 691 g/mol. The summed E-state index contributed by atoms with van der Waals surface area (Å²) in [7, 11) is -21.1. The first-order valence-electron chi connectivity index (χ1n) is 4.95. The third kappa shape index (κ3) is 22.5. The molecule has 0 aromatic carbocycles. The molecule has 0 saturated heterocycles. The normalized spacial score (nSPS) is 11.5. The maximum Gasteiger partial charge on any atom is 0.486 e. The van der Waals surface area contributed by atoms with Crippen LogP contribution >= 0.6 is 52.2 Å². The Balaban J connectivity index is -0.000000130. The standard InChI is InChI=1S/3CH3F4NP2.W/c3*1-6(7(2)3)8(4)5;/h3*1H3;/p+6. The largest absolute Gasteiger partial charge is 0.486 e. The first-order valence-corrected chi connectivity index (χ1v) is 12.2. The van der Waals surface area contributed by atoms with Crippen LogP contribution in [-0.2, 0) is 21.1 Å². The van der Waals surface area contributed by atoms with Crippen molar-refractivity contribution in [3.05, 3.63) is 0 Å². The second-order valence-corrected chi connectivity index (χ2v) is 11.4. The molecule has 0 amide bonds. The second kappa shape index (κ2) is 19.6. The van der Waals surface area contributed by atoms with E-state index in [4.69, 9.17) is 0 Å². The third-order valence-corrected chi connectivity index (χ3v) is 7.61. The Hall–Kier alpha value is 2.31. The first-order chi connectivity index (χ1) is 10.7. The second-order valence-electron chi connectivity index (χ2n) is 3.12. The van der Waals surface area contributed by atoms with Crippen LogP contribution in [0.15, 0.2) is 0 Å². The fourth-order valence-corrected chi connectivity index (χ4v) is 1.72. The molecule has 0 radical (unpaired) electrons. The van der Waals surface area contributed by atoms with Crippen LogP contribution in [0.2, 0.25) is 0 Å². The molecule has 0 aliphatic carbocycles. The summed E-state index contributed by atoms with van der Waals surface area (Å²) in [6, 6.07) is 0. The van der Waals surface area contributed by atoms with Gasteiger partial charge in [-0.1, -0.05) is 0 Å². The van der Waals surface area contributed by atoms with Gasteiger partial charge in [0.2, 0.25) is 0 Å². The summed E-state index contributed by atoms with van der Waals surface area (Å²) in [5.74, 6) is 0. The topological polar surface area (TPSA) is 9.72 Å². The van der Waals surface area contributed by atoms with Crippen LogP contribution in [0.4, 0.5) is 50.4 Å². The van der Waals surface area contributed by atoms with Gasteiger partial charge in [0.25, 0.3) is 0 Å². The van der Waals surface area contributed by atoms with E-state index in [0.717, 1.165) is 21.1 Å². The van der Waals surface area contributed by atoms with Crippen LogP contribution in [0.5, 0.6) is 0 Å². The van der Waals surface area contributed by atoms with Gasteiger partial charge in [-0.25, -0.2) is 0 Å². The fraction of sp³-hybridized carbons (Fsp3) is 1.00. The zero-order valence-electron chi connectivity index (χ0n) is 12.3. The van der Waals surface area contributed by atoms with Crippen LogP contribution in [0.25, 0.3) is 0 Å². The van der Waals surface area contributed by atoms with Gasteiger partial charge in [0.1, 0.15) is 0 Å². The van der Waals surface area contributed by atoms with E-state index < -0.39 is 52.2 Å². The Morgan fingerprint density at radius 1 is 0.360 bits per heavy atom. The average molecular weight is 691 g/mol. The molecular weight excluding hydrogens is 676 g/mol. The van der Waals surface area contributed by atoms with E-state index in [0.29, 0.717) is 0 Å². The van der Waals surface area contributed by atoms with Crippen molar-refractivity contribution in [1.82, 2.24) is 13.3 Å². The minimum absolute atomic E-state index is 0. The van der Waals surface area contributed by atoms with E-state index in [1.54, 1.807) is 0 Å². The summed E-state index contributed by atoms with van der Waals surface area (Å²) in [4.78, 5) is 0. The van der Waals surface area contributed by atoms with Gasteiger partial charge in [0, 0.05) is 21.1 Å². The van der Waals surface area contributed by atoms with Crippen molar-refractivity contribution in [2.75, 3.05) is 21.1 Å². The Labute approximate surface area is 158 Å². The van der Waals surface area contributed by atoms with Gasteiger partial charge in [-0.2, -0.15) is 0 Å². The zero-order chi connectivity index (χ0) is 20.2. The van der Waals surface area contributed by atoms with E-state index in [2.05, 4.69) is 0 Å². The molecule has 0 atom stereocenters. The molecule has 0 rings (SSSR count). The number of rotatable bonds is 6. The first kappa shape index (κ1) is 34.8. The molecule has 25 heavy (non-hydrogen) atoms. The molecular formula is C3H15F12N3P6W+6. The molecule has 22 heteroatoms. The molecule has 0 aromatic heterocycles. The van der Waals surface area contributed by atoms with Gasteiger partial charge in [0.15, 0.2) is 0 Å². The number of hydrogen-bond acceptors (Lipinski definition) is 3. The summed E-state index contributed by atoms with van der Waals surface area (Å²) < 4.78 is 135. The van der Waals surface area contributed by atoms with Gasteiger partial charge in [0.05, 0.1) is 34.5 Å². The summed E-state index contributed by atoms with van der Waals surface area (Å²) >= 11 is 0. The van der Waals surface area contributed by atoms with Gasteiger partial charge in [-0.05, 0) is 50.4 Å². The molecule has 0 heterocycles. The van der Waals surface area contributed by atoms with Crippen molar-refractivity contribution in [2.45, 2.75) is 0 Å². The molecule has 0 bridgehead atoms. The SMILES string of the molecule is CN([PH+](F)F)[PH+](F)F.CN([PH+](F)F)[PH+](F)F.CN([PH+](F)F)[PH+](F)F.[W]. The predicted molar refractivity (Wildman–Crippen MR) is 86.5 cm³/mol. The molecule has 0 N–H and O–H groups in total. The molecule has 3 nitrogen and oxygen atoms in total. The number of hydrogen-bond donors (Lipinski definition) is 0. The van der Waals surface area contributed by atoms with Crippen LogP contribution in [0, 0.1) is 0 Å². The number of nitrogens with zero attached hydrogens (tertiary/aromatic N) is 3. The van der Waals surface area contributed by atoms with Crippen molar-refractivity contribution >= 4 is 52.2 Å². The molecule has 0 saturated carbocycles. The summed E-state index contributed by atoms with van der Waals surface area (Å²) in [6.45, 7) is 0. The smallest absolute Gasteiger partial charge is 0.000129 e. The van der Waals surface area contributed by atoms with Crippen molar-refractivity contribution < 1.29 is 71.4 Å². The van der Waals surface area contributed by atoms with E-state index in [9.17, 15) is 50.4 Å².